The summed E-state index contributed by atoms with van der Waals surface area (Å²) >= 11 is 0. The molecule has 6 heteroatoms. The van der Waals surface area contributed by atoms with Crippen molar-refractivity contribution >= 4 is 5.96 Å². The lowest BCUT2D eigenvalue weighted by molar-refractivity contribution is 0.506. The molecule has 0 aliphatic rings. The maximum Gasteiger partial charge on any atom is 0.191 e. The molecule has 2 N–H and O–H groups in total. The molecule has 1 aromatic carbocycles. The Bertz CT molecular complexity index is 851. The molecule has 0 saturated heterocycles. The van der Waals surface area contributed by atoms with Gasteiger partial charge in [-0.05, 0) is 43.2 Å². The highest BCUT2D eigenvalue weighted by Gasteiger charge is 2.06. The average Bonchev–Trinajstić information content (AvgIpc) is 3.35. The number of aryl methyl sites for hydroxylation is 1. The SMILES string of the molecule is CCCNC(=NCc1ccccc1-n1ccc(C)n1)NCCc1ccco1. The van der Waals surface area contributed by atoms with E-state index >= 15 is 0 Å². The van der Waals surface area contributed by atoms with Crippen LogP contribution in [-0.2, 0) is 13.0 Å². The zero-order valence-electron chi connectivity index (χ0n) is 16.0. The van der Waals surface area contributed by atoms with Gasteiger partial charge in [0.15, 0.2) is 5.96 Å². The molecule has 2 heterocycles. The van der Waals surface area contributed by atoms with Crippen molar-refractivity contribution in [2.75, 3.05) is 13.1 Å². The molecule has 0 amide bonds. The summed E-state index contributed by atoms with van der Waals surface area (Å²) in [6, 6.07) is 14.1. The molecule has 3 aromatic rings. The first kappa shape index (κ1) is 18.8. The standard InChI is InChI=1S/C21H27N5O/c1-3-12-22-21(23-13-10-19-8-6-15-27-19)24-16-18-7-4-5-9-20(18)26-14-11-17(2)25-26/h4-9,11,14-15H,3,10,12-13,16H2,1-2H3,(H2,22,23,24). The Morgan fingerprint density at radius 3 is 2.70 bits per heavy atom. The van der Waals surface area contributed by atoms with Crippen molar-refractivity contribution in [2.45, 2.75) is 33.2 Å². The first-order valence-corrected chi connectivity index (χ1v) is 9.41. The normalized spacial score (nSPS) is 11.6. The Labute approximate surface area is 160 Å². The Kier molecular flexibility index (Phi) is 6.68. The van der Waals surface area contributed by atoms with Crippen LogP contribution in [0.4, 0.5) is 0 Å². The summed E-state index contributed by atoms with van der Waals surface area (Å²) in [6.07, 6.45) is 5.55. The Morgan fingerprint density at radius 1 is 1.11 bits per heavy atom. The quantitative estimate of drug-likeness (QED) is 0.474. The van der Waals surface area contributed by atoms with Crippen LogP contribution in [0.15, 0.2) is 64.3 Å². The number of guanidine groups is 1. The molecule has 0 bridgehead atoms. The lowest BCUT2D eigenvalue weighted by Crippen LogP contribution is -2.38. The van der Waals surface area contributed by atoms with Crippen LogP contribution in [0.25, 0.3) is 5.69 Å². The van der Waals surface area contributed by atoms with Gasteiger partial charge in [-0.1, -0.05) is 25.1 Å². The minimum atomic E-state index is 0.578. The second kappa shape index (κ2) is 9.62. The predicted molar refractivity (Wildman–Crippen MR) is 108 cm³/mol. The first-order valence-electron chi connectivity index (χ1n) is 9.41. The van der Waals surface area contributed by atoms with Gasteiger partial charge in [-0.3, -0.25) is 0 Å². The third-order valence-electron chi connectivity index (χ3n) is 4.15. The van der Waals surface area contributed by atoms with E-state index in [1.807, 2.05) is 48.1 Å². The molecule has 6 nitrogen and oxygen atoms in total. The van der Waals surface area contributed by atoms with Crippen LogP contribution >= 0.6 is 0 Å². The summed E-state index contributed by atoms with van der Waals surface area (Å²) in [4.78, 5) is 4.77. The fraction of sp³-hybridized carbons (Fsp3) is 0.333. The highest BCUT2D eigenvalue weighted by molar-refractivity contribution is 5.79. The van der Waals surface area contributed by atoms with Crippen molar-refractivity contribution < 1.29 is 4.42 Å². The van der Waals surface area contributed by atoms with Crippen molar-refractivity contribution in [2.24, 2.45) is 4.99 Å². The van der Waals surface area contributed by atoms with Gasteiger partial charge in [0, 0.05) is 25.7 Å². The van der Waals surface area contributed by atoms with Crippen molar-refractivity contribution in [1.82, 2.24) is 20.4 Å². The Morgan fingerprint density at radius 2 is 1.96 bits per heavy atom. The van der Waals surface area contributed by atoms with Gasteiger partial charge < -0.3 is 15.1 Å². The van der Waals surface area contributed by atoms with Crippen LogP contribution in [0.3, 0.4) is 0 Å². The summed E-state index contributed by atoms with van der Waals surface area (Å²) in [6.45, 7) is 6.36. The summed E-state index contributed by atoms with van der Waals surface area (Å²) in [7, 11) is 0. The van der Waals surface area contributed by atoms with E-state index in [0.717, 1.165) is 54.6 Å². The molecule has 0 unspecified atom stereocenters. The Balaban J connectivity index is 1.68. The number of hydrogen-bond acceptors (Lipinski definition) is 3. The fourth-order valence-corrected chi connectivity index (χ4v) is 2.76. The summed E-state index contributed by atoms with van der Waals surface area (Å²) < 4.78 is 7.29. The predicted octanol–water partition coefficient (Wildman–Crippen LogP) is 3.46. The van der Waals surface area contributed by atoms with E-state index in [-0.39, 0.29) is 0 Å². The first-order chi connectivity index (χ1) is 13.3. The van der Waals surface area contributed by atoms with Crippen LogP contribution in [0.5, 0.6) is 0 Å². The highest BCUT2D eigenvalue weighted by Crippen LogP contribution is 2.15. The molecule has 0 aliphatic carbocycles. The van der Waals surface area contributed by atoms with E-state index in [1.165, 1.54) is 0 Å². The number of nitrogens with zero attached hydrogens (tertiary/aromatic N) is 3. The molecule has 0 fully saturated rings. The molecule has 0 radical (unpaired) electrons. The van der Waals surface area contributed by atoms with Crippen LogP contribution in [0.2, 0.25) is 0 Å². The maximum absolute atomic E-state index is 5.38. The minimum Gasteiger partial charge on any atom is -0.469 e. The topological polar surface area (TPSA) is 67.4 Å². The molecule has 0 spiro atoms. The molecular weight excluding hydrogens is 338 g/mol. The van der Waals surface area contributed by atoms with E-state index in [9.17, 15) is 0 Å². The lowest BCUT2D eigenvalue weighted by Gasteiger charge is -2.13. The molecular formula is C21H27N5O. The number of rotatable bonds is 8. The van der Waals surface area contributed by atoms with E-state index < -0.39 is 0 Å². The Hall–Kier alpha value is -3.02. The zero-order valence-corrected chi connectivity index (χ0v) is 16.0. The third-order valence-corrected chi connectivity index (χ3v) is 4.15. The number of hydrogen-bond donors (Lipinski definition) is 2. The van der Waals surface area contributed by atoms with E-state index in [2.05, 4.69) is 34.8 Å². The second-order valence-corrected chi connectivity index (χ2v) is 6.38. The van der Waals surface area contributed by atoms with Crippen LogP contribution in [0, 0.1) is 6.92 Å². The van der Waals surface area contributed by atoms with Gasteiger partial charge in [-0.2, -0.15) is 5.10 Å². The van der Waals surface area contributed by atoms with E-state index in [4.69, 9.17) is 9.41 Å². The van der Waals surface area contributed by atoms with E-state index in [0.29, 0.717) is 6.54 Å². The number of para-hydroxylation sites is 1. The van der Waals surface area contributed by atoms with Crippen LogP contribution < -0.4 is 10.6 Å². The van der Waals surface area contributed by atoms with Gasteiger partial charge in [-0.25, -0.2) is 9.67 Å². The van der Waals surface area contributed by atoms with Crippen molar-refractivity contribution in [1.29, 1.82) is 0 Å². The van der Waals surface area contributed by atoms with Crippen LogP contribution in [-0.4, -0.2) is 28.8 Å². The van der Waals surface area contributed by atoms with Crippen molar-refractivity contribution in [3.63, 3.8) is 0 Å². The third kappa shape index (κ3) is 5.48. The molecule has 142 valence electrons. The van der Waals surface area contributed by atoms with Crippen molar-refractivity contribution in [3.8, 4) is 5.69 Å². The fourth-order valence-electron chi connectivity index (χ4n) is 2.76. The monoisotopic (exact) mass is 365 g/mol. The number of furan rings is 1. The van der Waals surface area contributed by atoms with Gasteiger partial charge in [0.2, 0.25) is 0 Å². The molecule has 27 heavy (non-hydrogen) atoms. The number of aliphatic imine (C=N–C) groups is 1. The van der Waals surface area contributed by atoms with E-state index in [1.54, 1.807) is 6.26 Å². The molecule has 3 rings (SSSR count). The molecule has 2 aromatic heterocycles. The summed E-state index contributed by atoms with van der Waals surface area (Å²) in [5, 5.41) is 11.3. The summed E-state index contributed by atoms with van der Waals surface area (Å²) in [5.74, 6) is 1.78. The second-order valence-electron chi connectivity index (χ2n) is 6.38. The zero-order chi connectivity index (χ0) is 18.9. The lowest BCUT2D eigenvalue weighted by atomic mass is 10.2. The van der Waals surface area contributed by atoms with Gasteiger partial charge in [0.05, 0.1) is 24.2 Å². The van der Waals surface area contributed by atoms with Gasteiger partial charge in [-0.15, -0.1) is 0 Å². The maximum atomic E-state index is 5.38. The van der Waals surface area contributed by atoms with Crippen LogP contribution in [0.1, 0.15) is 30.4 Å². The molecule has 0 aliphatic heterocycles. The minimum absolute atomic E-state index is 0.578. The largest absolute Gasteiger partial charge is 0.469 e. The summed E-state index contributed by atoms with van der Waals surface area (Å²) in [5.41, 5.74) is 3.18. The van der Waals surface area contributed by atoms with Gasteiger partial charge >= 0.3 is 0 Å². The molecule has 0 atom stereocenters. The molecule has 0 saturated carbocycles. The number of nitrogens with one attached hydrogen (secondary N) is 2. The van der Waals surface area contributed by atoms with Gasteiger partial charge in [0.1, 0.15) is 5.76 Å². The van der Waals surface area contributed by atoms with Gasteiger partial charge in [0.25, 0.3) is 0 Å². The van der Waals surface area contributed by atoms with Crippen molar-refractivity contribution in [3.05, 3.63) is 71.9 Å². The number of benzene rings is 1. The number of aromatic nitrogens is 2. The smallest absolute Gasteiger partial charge is 0.191 e. The highest BCUT2D eigenvalue weighted by atomic mass is 16.3. The average molecular weight is 365 g/mol.